The number of nitrogens with one attached hydrogen (secondary N) is 1. The number of hydrogen-bond acceptors (Lipinski definition) is 3. The second-order valence-corrected chi connectivity index (χ2v) is 5.19. The summed E-state index contributed by atoms with van der Waals surface area (Å²) < 4.78 is 0. The van der Waals surface area contributed by atoms with E-state index in [1.807, 2.05) is 38.2 Å². The van der Waals surface area contributed by atoms with Gasteiger partial charge in [0.15, 0.2) is 0 Å². The summed E-state index contributed by atoms with van der Waals surface area (Å²) in [5.41, 5.74) is 3.58. The van der Waals surface area contributed by atoms with E-state index in [9.17, 15) is 9.59 Å². The highest BCUT2D eigenvalue weighted by Gasteiger charge is 2.36. The minimum Gasteiger partial charge on any atom is -0.316 e. The van der Waals surface area contributed by atoms with Gasteiger partial charge < -0.3 is 5.32 Å². The second-order valence-electron chi connectivity index (χ2n) is 5.19. The van der Waals surface area contributed by atoms with Crippen LogP contribution in [0.25, 0.3) is 0 Å². The summed E-state index contributed by atoms with van der Waals surface area (Å²) in [6.45, 7) is 2.60. The molecule has 21 heavy (non-hydrogen) atoms. The van der Waals surface area contributed by atoms with E-state index in [1.54, 1.807) is 18.2 Å². The molecule has 0 fully saturated rings. The number of anilines is 1. The predicted octanol–water partition coefficient (Wildman–Crippen LogP) is 2.52. The summed E-state index contributed by atoms with van der Waals surface area (Å²) in [4.78, 5) is 26.2. The number of rotatable bonds is 3. The van der Waals surface area contributed by atoms with Crippen molar-refractivity contribution in [2.45, 2.75) is 13.5 Å². The Bertz CT molecular complexity index is 737. The van der Waals surface area contributed by atoms with E-state index in [1.165, 1.54) is 4.90 Å². The Kier molecular flexibility index (Phi) is 3.31. The van der Waals surface area contributed by atoms with Crippen molar-refractivity contribution in [1.82, 2.24) is 5.32 Å². The van der Waals surface area contributed by atoms with Gasteiger partial charge in [-0.2, -0.15) is 0 Å². The van der Waals surface area contributed by atoms with Crippen LogP contribution in [-0.4, -0.2) is 18.9 Å². The first kappa shape index (κ1) is 13.5. The zero-order valence-electron chi connectivity index (χ0n) is 12.0. The lowest BCUT2D eigenvalue weighted by molar-refractivity contribution is 0.0926. The summed E-state index contributed by atoms with van der Waals surface area (Å²) in [7, 11) is 1.86. The molecule has 0 unspecified atom stereocenters. The summed E-state index contributed by atoms with van der Waals surface area (Å²) in [6.07, 6.45) is 0. The number of fused-ring (bicyclic) bond motifs is 1. The number of hydrogen-bond donors (Lipinski definition) is 1. The number of carbonyl (C=O) groups is 2. The molecule has 0 aromatic heterocycles. The predicted molar refractivity (Wildman–Crippen MR) is 81.5 cm³/mol. The SMILES string of the molecule is CNCc1cccc(N2C(=O)c3ccc(C)cc3C2=O)c1. The van der Waals surface area contributed by atoms with Crippen molar-refractivity contribution in [2.75, 3.05) is 11.9 Å². The first-order valence-electron chi connectivity index (χ1n) is 6.85. The highest BCUT2D eigenvalue weighted by molar-refractivity contribution is 6.34. The van der Waals surface area contributed by atoms with Gasteiger partial charge in [-0.25, -0.2) is 4.90 Å². The topological polar surface area (TPSA) is 49.4 Å². The molecule has 1 heterocycles. The van der Waals surface area contributed by atoms with Crippen molar-refractivity contribution in [1.29, 1.82) is 0 Å². The molecule has 0 saturated carbocycles. The van der Waals surface area contributed by atoms with Crippen molar-refractivity contribution in [3.63, 3.8) is 0 Å². The van der Waals surface area contributed by atoms with Crippen molar-refractivity contribution in [3.05, 3.63) is 64.7 Å². The molecule has 0 aliphatic carbocycles. The second kappa shape index (κ2) is 5.14. The molecule has 0 radical (unpaired) electrons. The van der Waals surface area contributed by atoms with E-state index in [4.69, 9.17) is 0 Å². The third-order valence-corrected chi connectivity index (χ3v) is 3.59. The average Bonchev–Trinajstić information content (AvgIpc) is 2.71. The largest absolute Gasteiger partial charge is 0.316 e. The quantitative estimate of drug-likeness (QED) is 0.879. The van der Waals surface area contributed by atoms with E-state index < -0.39 is 0 Å². The van der Waals surface area contributed by atoms with Crippen LogP contribution in [0.5, 0.6) is 0 Å². The van der Waals surface area contributed by atoms with Gasteiger partial charge in [-0.3, -0.25) is 9.59 Å². The first-order chi connectivity index (χ1) is 10.1. The summed E-state index contributed by atoms with van der Waals surface area (Å²) in [6, 6.07) is 12.8. The van der Waals surface area contributed by atoms with Crippen LogP contribution in [-0.2, 0) is 6.54 Å². The molecule has 2 amide bonds. The molecule has 4 heteroatoms. The lowest BCUT2D eigenvalue weighted by Crippen LogP contribution is -2.29. The van der Waals surface area contributed by atoms with Crippen molar-refractivity contribution in [2.24, 2.45) is 0 Å². The molecule has 0 spiro atoms. The van der Waals surface area contributed by atoms with Gasteiger partial charge in [0.05, 0.1) is 16.8 Å². The highest BCUT2D eigenvalue weighted by Crippen LogP contribution is 2.29. The van der Waals surface area contributed by atoms with Crippen LogP contribution in [0, 0.1) is 6.92 Å². The Hall–Kier alpha value is -2.46. The van der Waals surface area contributed by atoms with Gasteiger partial charge in [0.1, 0.15) is 0 Å². The summed E-state index contributed by atoms with van der Waals surface area (Å²) in [5, 5.41) is 3.06. The Labute approximate surface area is 123 Å². The molecule has 2 aromatic carbocycles. The van der Waals surface area contributed by atoms with Crippen LogP contribution in [0.4, 0.5) is 5.69 Å². The minimum absolute atomic E-state index is 0.250. The number of benzene rings is 2. The number of amides is 2. The third-order valence-electron chi connectivity index (χ3n) is 3.59. The fourth-order valence-corrected chi connectivity index (χ4v) is 2.60. The smallest absolute Gasteiger partial charge is 0.266 e. The van der Waals surface area contributed by atoms with Gasteiger partial charge in [-0.1, -0.05) is 23.8 Å². The fraction of sp³-hybridized carbons (Fsp3) is 0.176. The molecular formula is C17H16N2O2. The summed E-state index contributed by atoms with van der Waals surface area (Å²) in [5.74, 6) is -0.503. The number of nitrogens with zero attached hydrogens (tertiary/aromatic N) is 1. The average molecular weight is 280 g/mol. The van der Waals surface area contributed by atoms with Crippen LogP contribution >= 0.6 is 0 Å². The zero-order valence-corrected chi connectivity index (χ0v) is 12.0. The molecule has 1 N–H and O–H groups in total. The lowest BCUT2D eigenvalue weighted by atomic mass is 10.1. The maximum Gasteiger partial charge on any atom is 0.266 e. The van der Waals surface area contributed by atoms with Gasteiger partial charge >= 0.3 is 0 Å². The standard InChI is InChI=1S/C17H16N2O2/c1-11-6-7-14-15(8-11)17(21)19(16(14)20)13-5-3-4-12(9-13)10-18-2/h3-9,18H,10H2,1-2H3. The van der Waals surface area contributed by atoms with E-state index in [0.717, 1.165) is 11.1 Å². The maximum atomic E-state index is 12.5. The van der Waals surface area contributed by atoms with E-state index >= 15 is 0 Å². The van der Waals surface area contributed by atoms with Crippen LogP contribution in [0.15, 0.2) is 42.5 Å². The van der Waals surface area contributed by atoms with Crippen molar-refractivity contribution >= 4 is 17.5 Å². The van der Waals surface area contributed by atoms with Gasteiger partial charge in [0.2, 0.25) is 0 Å². The Balaban J connectivity index is 2.03. The van der Waals surface area contributed by atoms with Gasteiger partial charge in [-0.15, -0.1) is 0 Å². The molecule has 0 atom stereocenters. The Morgan fingerprint density at radius 2 is 1.76 bits per heavy atom. The normalized spacial score (nSPS) is 13.7. The van der Waals surface area contributed by atoms with Gasteiger partial charge in [0.25, 0.3) is 11.8 Å². The van der Waals surface area contributed by atoms with Crippen LogP contribution in [0.3, 0.4) is 0 Å². The first-order valence-corrected chi connectivity index (χ1v) is 6.85. The van der Waals surface area contributed by atoms with E-state index in [0.29, 0.717) is 23.4 Å². The Morgan fingerprint density at radius 1 is 1.00 bits per heavy atom. The summed E-state index contributed by atoms with van der Waals surface area (Å²) >= 11 is 0. The van der Waals surface area contributed by atoms with Crippen LogP contribution in [0.1, 0.15) is 31.8 Å². The number of aryl methyl sites for hydroxylation is 1. The van der Waals surface area contributed by atoms with Gasteiger partial charge in [-0.05, 0) is 43.8 Å². The number of imide groups is 1. The molecule has 3 rings (SSSR count). The number of carbonyl (C=O) groups excluding carboxylic acids is 2. The third kappa shape index (κ3) is 2.23. The van der Waals surface area contributed by atoms with E-state index in [2.05, 4.69) is 5.32 Å². The van der Waals surface area contributed by atoms with Crippen LogP contribution in [0.2, 0.25) is 0 Å². The monoisotopic (exact) mass is 280 g/mol. The maximum absolute atomic E-state index is 12.5. The molecule has 4 nitrogen and oxygen atoms in total. The van der Waals surface area contributed by atoms with Crippen LogP contribution < -0.4 is 10.2 Å². The van der Waals surface area contributed by atoms with Crippen molar-refractivity contribution in [3.8, 4) is 0 Å². The molecule has 1 aliphatic heterocycles. The van der Waals surface area contributed by atoms with Gasteiger partial charge in [0, 0.05) is 6.54 Å². The van der Waals surface area contributed by atoms with Crippen molar-refractivity contribution < 1.29 is 9.59 Å². The highest BCUT2D eigenvalue weighted by atomic mass is 16.2. The molecule has 0 bridgehead atoms. The molecule has 0 saturated heterocycles. The minimum atomic E-state index is -0.253. The zero-order chi connectivity index (χ0) is 15.0. The fourth-order valence-electron chi connectivity index (χ4n) is 2.60. The molecule has 106 valence electrons. The molecule has 2 aromatic rings. The molecule has 1 aliphatic rings. The molecular weight excluding hydrogens is 264 g/mol. The van der Waals surface area contributed by atoms with E-state index in [-0.39, 0.29) is 11.8 Å². The Morgan fingerprint density at radius 3 is 2.52 bits per heavy atom. The lowest BCUT2D eigenvalue weighted by Gasteiger charge is -2.15.